The molecule has 0 bridgehead atoms. The third-order valence-electron chi connectivity index (χ3n) is 4.29. The van der Waals surface area contributed by atoms with E-state index in [9.17, 15) is 9.59 Å². The number of aliphatic carboxylic acids is 1. The first-order valence-electron chi connectivity index (χ1n) is 7.24. The Labute approximate surface area is 123 Å². The van der Waals surface area contributed by atoms with Gasteiger partial charge in [0.2, 0.25) is 5.91 Å². The molecule has 0 radical (unpaired) electrons. The molecule has 3 rings (SSSR count). The van der Waals surface area contributed by atoms with Gasteiger partial charge in [-0.1, -0.05) is 24.3 Å². The van der Waals surface area contributed by atoms with Crippen molar-refractivity contribution in [3.8, 4) is 0 Å². The Balaban J connectivity index is 1.63. The summed E-state index contributed by atoms with van der Waals surface area (Å²) in [6, 6.07) is 8.17. The molecule has 112 valence electrons. The lowest BCUT2D eigenvalue weighted by atomic mass is 9.98. The molecule has 1 aliphatic carbocycles. The van der Waals surface area contributed by atoms with E-state index in [0.717, 1.165) is 12.8 Å². The van der Waals surface area contributed by atoms with E-state index >= 15 is 0 Å². The van der Waals surface area contributed by atoms with Gasteiger partial charge in [0, 0.05) is 5.54 Å². The molecule has 5 nitrogen and oxygen atoms in total. The maximum Gasteiger partial charge on any atom is 0.332 e. The monoisotopic (exact) mass is 289 g/mol. The molecule has 0 saturated carbocycles. The summed E-state index contributed by atoms with van der Waals surface area (Å²) in [6.07, 6.45) is 0.949. The lowest BCUT2D eigenvalue weighted by molar-refractivity contribution is -0.152. The number of nitrogens with one attached hydrogen (secondary N) is 1. The smallest absolute Gasteiger partial charge is 0.332 e. The number of hydrogen-bond donors (Lipinski definition) is 2. The SMILES string of the molecule is CC1(NC(=O)[C@@H]2CC[C@H](C(=O)O)O2)Cc2ccccc2C1. The van der Waals surface area contributed by atoms with Crippen molar-refractivity contribution >= 4 is 11.9 Å². The quantitative estimate of drug-likeness (QED) is 0.879. The molecule has 2 N–H and O–H groups in total. The zero-order chi connectivity index (χ0) is 15.0. The van der Waals surface area contributed by atoms with Gasteiger partial charge < -0.3 is 15.2 Å². The maximum atomic E-state index is 12.3. The molecular weight excluding hydrogens is 270 g/mol. The molecule has 5 heteroatoms. The van der Waals surface area contributed by atoms with Gasteiger partial charge in [0.25, 0.3) is 0 Å². The largest absolute Gasteiger partial charge is 0.479 e. The summed E-state index contributed by atoms with van der Waals surface area (Å²) in [6.45, 7) is 2.02. The zero-order valence-corrected chi connectivity index (χ0v) is 12.0. The minimum atomic E-state index is -0.996. The molecule has 1 heterocycles. The highest BCUT2D eigenvalue weighted by molar-refractivity contribution is 5.83. The highest BCUT2D eigenvalue weighted by Gasteiger charge is 2.39. The van der Waals surface area contributed by atoms with Crippen molar-refractivity contribution in [3.63, 3.8) is 0 Å². The molecule has 0 spiro atoms. The zero-order valence-electron chi connectivity index (χ0n) is 12.0. The average Bonchev–Trinajstić information content (AvgIpc) is 3.01. The first-order valence-corrected chi connectivity index (χ1v) is 7.24. The number of rotatable bonds is 3. The minimum Gasteiger partial charge on any atom is -0.479 e. The van der Waals surface area contributed by atoms with Crippen LogP contribution in [-0.4, -0.2) is 34.7 Å². The fourth-order valence-corrected chi connectivity index (χ4v) is 3.28. The van der Waals surface area contributed by atoms with Crippen LogP contribution in [0.3, 0.4) is 0 Å². The predicted molar refractivity (Wildman–Crippen MR) is 75.9 cm³/mol. The van der Waals surface area contributed by atoms with Crippen molar-refractivity contribution in [3.05, 3.63) is 35.4 Å². The average molecular weight is 289 g/mol. The van der Waals surface area contributed by atoms with E-state index in [1.165, 1.54) is 11.1 Å². The maximum absolute atomic E-state index is 12.3. The van der Waals surface area contributed by atoms with Gasteiger partial charge in [-0.15, -0.1) is 0 Å². The van der Waals surface area contributed by atoms with Crippen LogP contribution < -0.4 is 5.32 Å². The Hall–Kier alpha value is -1.88. The van der Waals surface area contributed by atoms with E-state index in [2.05, 4.69) is 17.4 Å². The van der Waals surface area contributed by atoms with Crippen LogP contribution in [0.4, 0.5) is 0 Å². The Morgan fingerprint density at radius 3 is 2.29 bits per heavy atom. The third kappa shape index (κ3) is 2.78. The minimum absolute atomic E-state index is 0.200. The number of amides is 1. The molecule has 2 aliphatic rings. The Kier molecular flexibility index (Phi) is 3.45. The second-order valence-corrected chi connectivity index (χ2v) is 6.20. The molecule has 1 aromatic carbocycles. The van der Waals surface area contributed by atoms with Gasteiger partial charge in [0.1, 0.15) is 6.10 Å². The molecule has 1 amide bonds. The number of fused-ring (bicyclic) bond motifs is 1. The molecule has 1 saturated heterocycles. The first kappa shape index (κ1) is 14.1. The fraction of sp³-hybridized carbons (Fsp3) is 0.500. The Morgan fingerprint density at radius 1 is 1.19 bits per heavy atom. The van der Waals surface area contributed by atoms with Gasteiger partial charge >= 0.3 is 5.97 Å². The topological polar surface area (TPSA) is 75.6 Å². The van der Waals surface area contributed by atoms with Crippen molar-refractivity contribution in [1.29, 1.82) is 0 Å². The highest BCUT2D eigenvalue weighted by Crippen LogP contribution is 2.30. The summed E-state index contributed by atoms with van der Waals surface area (Å²) in [5.41, 5.74) is 2.21. The molecule has 0 unspecified atom stereocenters. The summed E-state index contributed by atoms with van der Waals surface area (Å²) >= 11 is 0. The number of benzene rings is 1. The standard InChI is InChI=1S/C16H19NO4/c1-16(8-10-4-2-3-5-11(10)9-16)17-14(18)12-6-7-13(21-12)15(19)20/h2-5,12-13H,6-9H2,1H3,(H,17,18)(H,19,20)/t12-,13+/m0/s1. The fourth-order valence-electron chi connectivity index (χ4n) is 3.28. The molecule has 1 aromatic rings. The number of carbonyl (C=O) groups is 2. The molecule has 0 aromatic heterocycles. The summed E-state index contributed by atoms with van der Waals surface area (Å²) in [4.78, 5) is 23.2. The highest BCUT2D eigenvalue weighted by atomic mass is 16.5. The number of hydrogen-bond acceptors (Lipinski definition) is 3. The van der Waals surface area contributed by atoms with Gasteiger partial charge in [0.15, 0.2) is 6.10 Å². The molecule has 1 fully saturated rings. The van der Waals surface area contributed by atoms with E-state index in [4.69, 9.17) is 9.84 Å². The van der Waals surface area contributed by atoms with Crippen LogP contribution in [0.1, 0.15) is 30.9 Å². The molecular formula is C16H19NO4. The van der Waals surface area contributed by atoms with Gasteiger partial charge in [-0.05, 0) is 43.7 Å². The van der Waals surface area contributed by atoms with Crippen molar-refractivity contribution in [2.75, 3.05) is 0 Å². The molecule has 2 atom stereocenters. The lowest BCUT2D eigenvalue weighted by Crippen LogP contribution is -2.50. The van der Waals surface area contributed by atoms with Crippen molar-refractivity contribution < 1.29 is 19.4 Å². The number of carboxylic acid groups (broad SMARTS) is 1. The van der Waals surface area contributed by atoms with Crippen molar-refractivity contribution in [1.82, 2.24) is 5.32 Å². The molecule has 21 heavy (non-hydrogen) atoms. The predicted octanol–water partition coefficient (Wildman–Crippen LogP) is 1.29. The van der Waals surface area contributed by atoms with E-state index in [1.54, 1.807) is 0 Å². The third-order valence-corrected chi connectivity index (χ3v) is 4.29. The van der Waals surface area contributed by atoms with Crippen molar-refractivity contribution in [2.24, 2.45) is 0 Å². The Morgan fingerprint density at radius 2 is 1.76 bits per heavy atom. The van der Waals surface area contributed by atoms with Crippen LogP contribution in [0.2, 0.25) is 0 Å². The lowest BCUT2D eigenvalue weighted by Gasteiger charge is -2.27. The first-order chi connectivity index (χ1) is 9.97. The van der Waals surface area contributed by atoms with Crippen LogP contribution in [0.25, 0.3) is 0 Å². The van der Waals surface area contributed by atoms with Gasteiger partial charge in [-0.2, -0.15) is 0 Å². The summed E-state index contributed by atoms with van der Waals surface area (Å²) in [5.74, 6) is -1.20. The molecule has 1 aliphatic heterocycles. The van der Waals surface area contributed by atoms with Gasteiger partial charge in [-0.3, -0.25) is 4.79 Å². The number of ether oxygens (including phenoxy) is 1. The number of carboxylic acids is 1. The normalized spacial score (nSPS) is 26.3. The van der Waals surface area contributed by atoms with Crippen LogP contribution in [0.15, 0.2) is 24.3 Å². The van der Waals surface area contributed by atoms with Gasteiger partial charge in [0.05, 0.1) is 0 Å². The van der Waals surface area contributed by atoms with E-state index < -0.39 is 18.2 Å². The second-order valence-electron chi connectivity index (χ2n) is 6.20. The van der Waals surface area contributed by atoms with Crippen LogP contribution >= 0.6 is 0 Å². The van der Waals surface area contributed by atoms with E-state index in [1.807, 2.05) is 19.1 Å². The number of carbonyl (C=O) groups excluding carboxylic acids is 1. The van der Waals surface area contributed by atoms with E-state index in [0.29, 0.717) is 12.8 Å². The Bertz CT molecular complexity index is 558. The second kappa shape index (κ2) is 5.15. The van der Waals surface area contributed by atoms with Crippen molar-refractivity contribution in [2.45, 2.75) is 50.4 Å². The van der Waals surface area contributed by atoms with E-state index in [-0.39, 0.29) is 11.4 Å². The van der Waals surface area contributed by atoms with Crippen LogP contribution in [-0.2, 0) is 27.2 Å². The summed E-state index contributed by atoms with van der Waals surface area (Å²) in [7, 11) is 0. The van der Waals surface area contributed by atoms with Crippen LogP contribution in [0, 0.1) is 0 Å². The van der Waals surface area contributed by atoms with Crippen LogP contribution in [0.5, 0.6) is 0 Å². The summed E-state index contributed by atoms with van der Waals surface area (Å²) < 4.78 is 5.31. The van der Waals surface area contributed by atoms with Gasteiger partial charge in [-0.25, -0.2) is 4.79 Å². The summed E-state index contributed by atoms with van der Waals surface area (Å²) in [5, 5.41) is 12.0.